The van der Waals surface area contributed by atoms with Gasteiger partial charge in [0.05, 0.1) is 36.1 Å². The monoisotopic (exact) mass is 456 g/mol. The van der Waals surface area contributed by atoms with Gasteiger partial charge in [-0.25, -0.2) is 4.98 Å². The number of ether oxygens (including phenoxy) is 1. The van der Waals surface area contributed by atoms with Crippen molar-refractivity contribution in [2.75, 3.05) is 36.5 Å². The molecular weight excluding hydrogens is 432 g/mol. The number of hydrogen-bond donors (Lipinski definition) is 1. The Morgan fingerprint density at radius 1 is 1.00 bits per heavy atom. The fourth-order valence-corrected chi connectivity index (χ4v) is 3.91. The lowest BCUT2D eigenvalue weighted by atomic mass is 10.1. The van der Waals surface area contributed by atoms with E-state index >= 15 is 0 Å². The Bertz CT molecular complexity index is 1360. The highest BCUT2D eigenvalue weighted by atomic mass is 16.5. The van der Waals surface area contributed by atoms with E-state index in [9.17, 15) is 9.59 Å². The molecule has 1 fully saturated rings. The molecule has 1 amide bonds. The minimum Gasteiger partial charge on any atom is -0.378 e. The summed E-state index contributed by atoms with van der Waals surface area (Å²) < 4.78 is 6.84. The third-order valence-corrected chi connectivity index (χ3v) is 5.74. The summed E-state index contributed by atoms with van der Waals surface area (Å²) in [4.78, 5) is 31.6. The van der Waals surface area contributed by atoms with Crippen LogP contribution in [0.3, 0.4) is 0 Å². The average Bonchev–Trinajstić information content (AvgIpc) is 2.89. The summed E-state index contributed by atoms with van der Waals surface area (Å²) in [5.74, 6) is 0.640. The summed E-state index contributed by atoms with van der Waals surface area (Å²) in [5.41, 5.74) is 2.73. The van der Waals surface area contributed by atoms with E-state index in [0.717, 1.165) is 30.2 Å². The first-order valence-corrected chi connectivity index (χ1v) is 11.2. The number of para-hydroxylation sites is 1. The lowest BCUT2D eigenvalue weighted by Gasteiger charge is -2.27. The number of carbonyl (C=O) groups is 1. The van der Waals surface area contributed by atoms with Crippen molar-refractivity contribution in [2.24, 2.45) is 0 Å². The van der Waals surface area contributed by atoms with Gasteiger partial charge in [-0.3, -0.25) is 14.2 Å². The molecule has 1 saturated heterocycles. The summed E-state index contributed by atoms with van der Waals surface area (Å²) in [6.07, 6.45) is 1.63. The molecule has 0 aliphatic carbocycles. The molecule has 1 aliphatic rings. The lowest BCUT2D eigenvalue weighted by molar-refractivity contribution is -0.116. The van der Waals surface area contributed by atoms with Crippen molar-refractivity contribution in [1.29, 1.82) is 0 Å². The highest BCUT2D eigenvalue weighted by Crippen LogP contribution is 2.22. The van der Waals surface area contributed by atoms with Crippen molar-refractivity contribution in [3.05, 3.63) is 77.3 Å². The van der Waals surface area contributed by atoms with Crippen LogP contribution in [-0.4, -0.2) is 52.0 Å². The number of morpholine rings is 1. The zero-order chi connectivity index (χ0) is 23.3. The van der Waals surface area contributed by atoms with Crippen LogP contribution < -0.4 is 15.8 Å². The van der Waals surface area contributed by atoms with Gasteiger partial charge in [0, 0.05) is 37.3 Å². The van der Waals surface area contributed by atoms with Crippen LogP contribution in [0.2, 0.25) is 0 Å². The van der Waals surface area contributed by atoms with Gasteiger partial charge < -0.3 is 15.0 Å². The Hall–Kier alpha value is -4.11. The van der Waals surface area contributed by atoms with Crippen LogP contribution in [0.5, 0.6) is 0 Å². The van der Waals surface area contributed by atoms with Crippen molar-refractivity contribution in [2.45, 2.75) is 13.0 Å². The molecule has 2 aromatic heterocycles. The van der Waals surface area contributed by atoms with Crippen LogP contribution in [0.25, 0.3) is 22.2 Å². The van der Waals surface area contributed by atoms with E-state index in [2.05, 4.69) is 25.4 Å². The third-order valence-electron chi connectivity index (χ3n) is 5.74. The number of hydrogen-bond acceptors (Lipinski definition) is 7. The molecule has 1 aliphatic heterocycles. The third kappa shape index (κ3) is 4.79. The van der Waals surface area contributed by atoms with Gasteiger partial charge in [0.2, 0.25) is 5.91 Å². The van der Waals surface area contributed by atoms with Crippen LogP contribution in [0.15, 0.2) is 71.8 Å². The van der Waals surface area contributed by atoms with Gasteiger partial charge in [0.1, 0.15) is 0 Å². The molecule has 9 nitrogen and oxygen atoms in total. The minimum atomic E-state index is -0.189. The number of nitrogens with one attached hydrogen (secondary N) is 1. The molecule has 0 bridgehead atoms. The van der Waals surface area contributed by atoms with E-state index in [0.29, 0.717) is 29.8 Å². The number of carbonyl (C=O) groups excluding carboxylic acids is 1. The average molecular weight is 457 g/mol. The Balaban J connectivity index is 1.23. The SMILES string of the molecule is O=C(CCn1cnc2ccccc2c1=O)Nc1cccc(-c2ccc(N3CCOCC3)nn2)c1. The van der Waals surface area contributed by atoms with E-state index in [1.807, 2.05) is 42.5 Å². The van der Waals surface area contributed by atoms with Crippen LogP contribution in [-0.2, 0) is 16.1 Å². The first-order chi connectivity index (χ1) is 16.7. The molecule has 2 aromatic carbocycles. The van der Waals surface area contributed by atoms with Crippen LogP contribution in [0.4, 0.5) is 11.5 Å². The Labute approximate surface area is 196 Å². The molecule has 172 valence electrons. The minimum absolute atomic E-state index is 0.151. The second kappa shape index (κ2) is 9.80. The molecule has 1 N–H and O–H groups in total. The molecule has 0 radical (unpaired) electrons. The molecule has 0 unspecified atom stereocenters. The first-order valence-electron chi connectivity index (χ1n) is 11.2. The van der Waals surface area contributed by atoms with Crippen LogP contribution in [0.1, 0.15) is 6.42 Å². The topological polar surface area (TPSA) is 102 Å². The van der Waals surface area contributed by atoms with E-state index in [4.69, 9.17) is 4.74 Å². The number of amides is 1. The van der Waals surface area contributed by atoms with Gasteiger partial charge in [-0.1, -0.05) is 24.3 Å². The van der Waals surface area contributed by atoms with E-state index in [-0.39, 0.29) is 24.4 Å². The van der Waals surface area contributed by atoms with E-state index in [1.54, 1.807) is 18.2 Å². The second-order valence-corrected chi connectivity index (χ2v) is 8.02. The summed E-state index contributed by atoms with van der Waals surface area (Å²) in [6, 6.07) is 18.5. The molecule has 34 heavy (non-hydrogen) atoms. The summed E-state index contributed by atoms with van der Waals surface area (Å²) in [7, 11) is 0. The van der Waals surface area contributed by atoms with Crippen molar-refractivity contribution in [1.82, 2.24) is 19.7 Å². The predicted molar refractivity (Wildman–Crippen MR) is 130 cm³/mol. The molecule has 9 heteroatoms. The van der Waals surface area contributed by atoms with Crippen LogP contribution >= 0.6 is 0 Å². The first kappa shape index (κ1) is 21.7. The maximum atomic E-state index is 12.6. The normalized spacial score (nSPS) is 13.7. The summed E-state index contributed by atoms with van der Waals surface area (Å²) >= 11 is 0. The standard InChI is InChI=1S/C25H24N6O3/c32-24(10-11-31-17-26-22-7-2-1-6-20(22)25(31)33)27-19-5-3-4-18(16-19)21-8-9-23(29-28-21)30-12-14-34-15-13-30/h1-9,16-17H,10-15H2,(H,27,32). The maximum Gasteiger partial charge on any atom is 0.261 e. The number of aromatic nitrogens is 4. The fourth-order valence-electron chi connectivity index (χ4n) is 3.91. The van der Waals surface area contributed by atoms with Crippen molar-refractivity contribution < 1.29 is 9.53 Å². The highest BCUT2D eigenvalue weighted by Gasteiger charge is 2.13. The van der Waals surface area contributed by atoms with E-state index in [1.165, 1.54) is 10.9 Å². The summed E-state index contributed by atoms with van der Waals surface area (Å²) in [6.45, 7) is 3.24. The molecule has 4 aromatic rings. The van der Waals surface area contributed by atoms with Gasteiger partial charge >= 0.3 is 0 Å². The Morgan fingerprint density at radius 3 is 2.68 bits per heavy atom. The number of anilines is 2. The smallest absolute Gasteiger partial charge is 0.261 e. The van der Waals surface area contributed by atoms with Crippen molar-refractivity contribution >= 4 is 28.3 Å². The zero-order valence-electron chi connectivity index (χ0n) is 18.6. The predicted octanol–water partition coefficient (Wildman–Crippen LogP) is 2.72. The molecule has 0 atom stereocenters. The van der Waals surface area contributed by atoms with Crippen LogP contribution in [0, 0.1) is 0 Å². The Morgan fingerprint density at radius 2 is 1.85 bits per heavy atom. The van der Waals surface area contributed by atoms with Gasteiger partial charge in [-0.15, -0.1) is 10.2 Å². The van der Waals surface area contributed by atoms with Gasteiger partial charge in [0.25, 0.3) is 5.56 Å². The number of aryl methyl sites for hydroxylation is 1. The molecule has 0 spiro atoms. The maximum absolute atomic E-state index is 12.6. The highest BCUT2D eigenvalue weighted by molar-refractivity contribution is 5.91. The lowest BCUT2D eigenvalue weighted by Crippen LogP contribution is -2.36. The van der Waals surface area contributed by atoms with Crippen molar-refractivity contribution in [3.8, 4) is 11.3 Å². The Kier molecular flexibility index (Phi) is 6.26. The molecule has 3 heterocycles. The van der Waals surface area contributed by atoms with E-state index < -0.39 is 0 Å². The quantitative estimate of drug-likeness (QED) is 0.476. The largest absolute Gasteiger partial charge is 0.378 e. The number of rotatable bonds is 6. The second-order valence-electron chi connectivity index (χ2n) is 8.02. The molecule has 0 saturated carbocycles. The molecular formula is C25H24N6O3. The van der Waals surface area contributed by atoms with Crippen molar-refractivity contribution in [3.63, 3.8) is 0 Å². The zero-order valence-corrected chi connectivity index (χ0v) is 18.6. The fraction of sp³-hybridized carbons (Fsp3) is 0.240. The van der Waals surface area contributed by atoms with Gasteiger partial charge in [0.15, 0.2) is 5.82 Å². The molecule has 5 rings (SSSR count). The number of benzene rings is 2. The number of nitrogens with zero attached hydrogens (tertiary/aromatic N) is 5. The van der Waals surface area contributed by atoms with Gasteiger partial charge in [-0.05, 0) is 36.4 Å². The van der Waals surface area contributed by atoms with Gasteiger partial charge in [-0.2, -0.15) is 0 Å². The number of fused-ring (bicyclic) bond motifs is 1. The summed E-state index contributed by atoms with van der Waals surface area (Å²) in [5, 5.41) is 12.2.